The predicted molar refractivity (Wildman–Crippen MR) is 90.1 cm³/mol. The van der Waals surface area contributed by atoms with Crippen LogP contribution in [-0.2, 0) is 20.8 Å². The molecule has 1 heterocycles. The van der Waals surface area contributed by atoms with Gasteiger partial charge in [0, 0.05) is 19.0 Å². The summed E-state index contributed by atoms with van der Waals surface area (Å²) in [4.78, 5) is 12.4. The number of piperidine rings is 1. The molecule has 1 aliphatic heterocycles. The number of rotatable bonds is 10. The van der Waals surface area contributed by atoms with E-state index in [9.17, 15) is 4.79 Å². The Balaban J connectivity index is 1.41. The minimum atomic E-state index is -0.835. The molecule has 1 N–H and O–H groups in total. The molecule has 0 unspecified atom stereocenters. The van der Waals surface area contributed by atoms with E-state index in [0.717, 1.165) is 18.4 Å². The lowest BCUT2D eigenvalue weighted by atomic mass is 9.99. The van der Waals surface area contributed by atoms with Gasteiger partial charge in [0.1, 0.15) is 0 Å². The van der Waals surface area contributed by atoms with Gasteiger partial charge in [0.05, 0.1) is 39.6 Å². The highest BCUT2D eigenvalue weighted by Crippen LogP contribution is 2.16. The van der Waals surface area contributed by atoms with Gasteiger partial charge in [0.15, 0.2) is 0 Å². The lowest BCUT2D eigenvalue weighted by Gasteiger charge is -2.30. The van der Waals surface area contributed by atoms with Crippen molar-refractivity contribution in [2.75, 3.05) is 46.1 Å². The summed E-state index contributed by atoms with van der Waals surface area (Å²) < 4.78 is 16.6. The van der Waals surface area contributed by atoms with Gasteiger partial charge >= 0.3 is 6.09 Å². The number of likely N-dealkylation sites (tertiary alicyclic amines) is 1. The third-order valence-electron chi connectivity index (χ3n) is 4.00. The maximum Gasteiger partial charge on any atom is 0.407 e. The van der Waals surface area contributed by atoms with Crippen molar-refractivity contribution in [2.24, 2.45) is 5.92 Å². The van der Waals surface area contributed by atoms with Crippen LogP contribution in [0.15, 0.2) is 30.3 Å². The molecular formula is C18H27NO5. The average Bonchev–Trinajstić information content (AvgIpc) is 2.61. The Kier molecular flexibility index (Phi) is 8.59. The van der Waals surface area contributed by atoms with Crippen molar-refractivity contribution >= 4 is 6.09 Å². The summed E-state index contributed by atoms with van der Waals surface area (Å²) in [6.07, 6.45) is 1.10. The number of ether oxygens (including phenoxy) is 3. The number of amides is 1. The second-order valence-electron chi connectivity index (χ2n) is 5.96. The van der Waals surface area contributed by atoms with E-state index in [1.807, 2.05) is 30.3 Å². The zero-order chi connectivity index (χ0) is 17.0. The van der Waals surface area contributed by atoms with Gasteiger partial charge in [-0.05, 0) is 18.4 Å². The molecule has 1 atom stereocenters. The summed E-state index contributed by atoms with van der Waals surface area (Å²) in [5.74, 6) is 0.295. The van der Waals surface area contributed by atoms with Crippen molar-refractivity contribution in [2.45, 2.75) is 19.4 Å². The zero-order valence-corrected chi connectivity index (χ0v) is 14.1. The van der Waals surface area contributed by atoms with Crippen LogP contribution in [0.1, 0.15) is 18.4 Å². The van der Waals surface area contributed by atoms with Crippen LogP contribution in [0.3, 0.4) is 0 Å². The fraction of sp³-hybridized carbons (Fsp3) is 0.611. The van der Waals surface area contributed by atoms with Gasteiger partial charge in [0.2, 0.25) is 0 Å². The Morgan fingerprint density at radius 2 is 1.79 bits per heavy atom. The molecule has 1 aromatic rings. The molecule has 24 heavy (non-hydrogen) atoms. The van der Waals surface area contributed by atoms with Crippen molar-refractivity contribution in [3.63, 3.8) is 0 Å². The molecule has 0 aliphatic carbocycles. The molecule has 6 heteroatoms. The number of hydrogen-bond acceptors (Lipinski definition) is 4. The van der Waals surface area contributed by atoms with E-state index in [2.05, 4.69) is 0 Å². The fourth-order valence-corrected chi connectivity index (χ4v) is 2.73. The van der Waals surface area contributed by atoms with Gasteiger partial charge in [0.25, 0.3) is 0 Å². The Hall–Kier alpha value is -1.63. The van der Waals surface area contributed by atoms with Crippen LogP contribution in [-0.4, -0.2) is 62.2 Å². The number of carbonyl (C=O) groups is 1. The summed E-state index contributed by atoms with van der Waals surface area (Å²) in [6, 6.07) is 10.0. The predicted octanol–water partition coefficient (Wildman–Crippen LogP) is 2.63. The SMILES string of the molecule is O=C(O)N1CCC[C@H](COCCOCCOCc2ccccc2)C1. The van der Waals surface area contributed by atoms with E-state index >= 15 is 0 Å². The summed E-state index contributed by atoms with van der Waals surface area (Å²) in [6.45, 7) is 4.57. The van der Waals surface area contributed by atoms with Crippen LogP contribution >= 0.6 is 0 Å². The molecule has 6 nitrogen and oxygen atoms in total. The molecule has 1 fully saturated rings. The van der Waals surface area contributed by atoms with Gasteiger partial charge < -0.3 is 24.2 Å². The van der Waals surface area contributed by atoms with Crippen LogP contribution in [0, 0.1) is 5.92 Å². The third kappa shape index (κ3) is 7.29. The Labute approximate surface area is 143 Å². The standard InChI is InChI=1S/C18H27NO5/c20-18(21)19-8-4-7-17(13-19)15-24-12-10-22-9-11-23-14-16-5-2-1-3-6-16/h1-3,5-6,17H,4,7-15H2,(H,20,21)/t17-/m0/s1. The molecule has 0 spiro atoms. The Morgan fingerprint density at radius 1 is 1.08 bits per heavy atom. The largest absolute Gasteiger partial charge is 0.465 e. The Bertz CT molecular complexity index is 468. The van der Waals surface area contributed by atoms with Gasteiger partial charge in [-0.3, -0.25) is 0 Å². The summed E-state index contributed by atoms with van der Waals surface area (Å²) >= 11 is 0. The van der Waals surface area contributed by atoms with Crippen molar-refractivity contribution in [3.05, 3.63) is 35.9 Å². The number of hydrogen-bond donors (Lipinski definition) is 1. The Morgan fingerprint density at radius 3 is 2.54 bits per heavy atom. The quantitative estimate of drug-likeness (QED) is 0.665. The second kappa shape index (κ2) is 11.0. The first-order valence-electron chi connectivity index (χ1n) is 8.50. The van der Waals surface area contributed by atoms with E-state index in [0.29, 0.717) is 58.6 Å². The monoisotopic (exact) mass is 337 g/mol. The normalized spacial score (nSPS) is 17.8. The van der Waals surface area contributed by atoms with E-state index in [-0.39, 0.29) is 0 Å². The molecular weight excluding hydrogens is 310 g/mol. The maximum absolute atomic E-state index is 10.9. The third-order valence-corrected chi connectivity index (χ3v) is 4.00. The van der Waals surface area contributed by atoms with Gasteiger partial charge in [-0.25, -0.2) is 4.79 Å². The lowest BCUT2D eigenvalue weighted by Crippen LogP contribution is -2.40. The molecule has 1 aromatic carbocycles. The highest BCUT2D eigenvalue weighted by Gasteiger charge is 2.22. The highest BCUT2D eigenvalue weighted by atomic mass is 16.5. The zero-order valence-electron chi connectivity index (χ0n) is 14.1. The smallest absolute Gasteiger partial charge is 0.407 e. The minimum Gasteiger partial charge on any atom is -0.465 e. The van der Waals surface area contributed by atoms with Gasteiger partial charge in [-0.2, -0.15) is 0 Å². The average molecular weight is 337 g/mol. The first-order chi connectivity index (χ1) is 11.8. The maximum atomic E-state index is 10.9. The second-order valence-corrected chi connectivity index (χ2v) is 5.96. The highest BCUT2D eigenvalue weighted by molar-refractivity contribution is 5.65. The number of benzene rings is 1. The number of carboxylic acid groups (broad SMARTS) is 1. The van der Waals surface area contributed by atoms with Crippen molar-refractivity contribution in [1.82, 2.24) is 4.90 Å². The van der Waals surface area contributed by atoms with Crippen molar-refractivity contribution < 1.29 is 24.1 Å². The molecule has 0 aromatic heterocycles. The lowest BCUT2D eigenvalue weighted by molar-refractivity contribution is -0.00197. The molecule has 0 bridgehead atoms. The van der Waals surface area contributed by atoms with E-state index < -0.39 is 6.09 Å². The summed E-state index contributed by atoms with van der Waals surface area (Å²) in [5, 5.41) is 8.99. The van der Waals surface area contributed by atoms with Gasteiger partial charge in [-0.1, -0.05) is 30.3 Å². The van der Waals surface area contributed by atoms with Crippen LogP contribution in [0.5, 0.6) is 0 Å². The summed E-state index contributed by atoms with van der Waals surface area (Å²) in [5.41, 5.74) is 1.16. The van der Waals surface area contributed by atoms with Gasteiger partial charge in [-0.15, -0.1) is 0 Å². The topological polar surface area (TPSA) is 68.2 Å². The fourth-order valence-electron chi connectivity index (χ4n) is 2.73. The van der Waals surface area contributed by atoms with E-state index in [4.69, 9.17) is 19.3 Å². The molecule has 0 saturated carbocycles. The van der Waals surface area contributed by atoms with Crippen LogP contribution in [0.2, 0.25) is 0 Å². The first kappa shape index (κ1) is 18.7. The first-order valence-corrected chi connectivity index (χ1v) is 8.50. The summed E-state index contributed by atoms with van der Waals surface area (Å²) in [7, 11) is 0. The minimum absolute atomic E-state index is 0.295. The molecule has 134 valence electrons. The molecule has 1 amide bonds. The molecule has 1 aliphatic rings. The molecule has 2 rings (SSSR count). The molecule has 1 saturated heterocycles. The van der Waals surface area contributed by atoms with E-state index in [1.54, 1.807) is 0 Å². The van der Waals surface area contributed by atoms with Crippen LogP contribution < -0.4 is 0 Å². The van der Waals surface area contributed by atoms with Crippen LogP contribution in [0.4, 0.5) is 4.79 Å². The van der Waals surface area contributed by atoms with Crippen LogP contribution in [0.25, 0.3) is 0 Å². The number of nitrogens with zero attached hydrogens (tertiary/aromatic N) is 1. The molecule has 0 radical (unpaired) electrons. The van der Waals surface area contributed by atoms with Crippen molar-refractivity contribution in [1.29, 1.82) is 0 Å². The van der Waals surface area contributed by atoms with E-state index in [1.165, 1.54) is 4.90 Å². The van der Waals surface area contributed by atoms with Crippen molar-refractivity contribution in [3.8, 4) is 0 Å².